The highest BCUT2D eigenvalue weighted by atomic mass is 32.2. The Bertz CT molecular complexity index is 543. The van der Waals surface area contributed by atoms with Crippen LogP contribution in [-0.4, -0.2) is 15.9 Å². The van der Waals surface area contributed by atoms with E-state index in [-0.39, 0.29) is 0 Å². The van der Waals surface area contributed by atoms with Crippen LogP contribution in [0, 0.1) is 6.92 Å². The molecule has 0 amide bonds. The summed E-state index contributed by atoms with van der Waals surface area (Å²) in [6.07, 6.45) is 3.70. The number of thioether (sulfide) groups is 1. The number of anilines is 1. The number of aromatic nitrogens is 2. The van der Waals surface area contributed by atoms with Crippen LogP contribution in [-0.2, 0) is 0 Å². The monoisotopic (exact) mass is 281 g/mol. The smallest absolute Gasteiger partial charge is 0.268 e. The van der Waals surface area contributed by atoms with Crippen molar-refractivity contribution in [3.63, 3.8) is 0 Å². The van der Waals surface area contributed by atoms with E-state index in [4.69, 9.17) is 10.3 Å². The number of nitrogens with zero attached hydrogens (tertiary/aromatic N) is 2. The van der Waals surface area contributed by atoms with E-state index < -0.39 is 0 Å². The third kappa shape index (κ3) is 2.27. The topological polar surface area (TPSA) is 64.9 Å². The molecule has 1 fully saturated rings. The molecule has 1 saturated heterocycles. The molecule has 0 radical (unpaired) electrons. The first-order valence-corrected chi connectivity index (χ1v) is 7.92. The van der Waals surface area contributed by atoms with E-state index in [0.29, 0.717) is 11.1 Å². The number of nitrogens with two attached hydrogens (primary N) is 1. The Morgan fingerprint density at radius 3 is 3.00 bits per heavy atom. The highest BCUT2D eigenvalue weighted by Crippen LogP contribution is 2.39. The highest BCUT2D eigenvalue weighted by molar-refractivity contribution is 7.99. The molecule has 3 rings (SSSR count). The minimum absolute atomic E-state index is 0.397. The molecule has 2 N–H and O–H groups in total. The van der Waals surface area contributed by atoms with E-state index in [2.05, 4.69) is 10.1 Å². The van der Waals surface area contributed by atoms with Crippen LogP contribution in [0.2, 0.25) is 0 Å². The molecular weight excluding hydrogens is 266 g/mol. The van der Waals surface area contributed by atoms with Gasteiger partial charge in [-0.05, 0) is 37.1 Å². The van der Waals surface area contributed by atoms with Crippen molar-refractivity contribution in [2.75, 3.05) is 11.5 Å². The Kier molecular flexibility index (Phi) is 3.30. The standard InChI is InChI=1S/C12H15N3OS2/c1-7-6-9(13)18-10(7)12-14-11(15-16-12)8-4-2-3-5-17-8/h6,8H,2-5,13H2,1H3. The minimum atomic E-state index is 0.397. The predicted octanol–water partition coefficient (Wildman–Crippen LogP) is 3.65. The maximum absolute atomic E-state index is 5.79. The summed E-state index contributed by atoms with van der Waals surface area (Å²) in [5.41, 5.74) is 6.89. The molecule has 0 saturated carbocycles. The first-order valence-electron chi connectivity index (χ1n) is 6.05. The quantitative estimate of drug-likeness (QED) is 0.910. The minimum Gasteiger partial charge on any atom is -0.391 e. The summed E-state index contributed by atoms with van der Waals surface area (Å²) in [4.78, 5) is 5.53. The zero-order valence-electron chi connectivity index (χ0n) is 10.2. The lowest BCUT2D eigenvalue weighted by Gasteiger charge is -2.17. The molecule has 3 heterocycles. The van der Waals surface area contributed by atoms with Crippen molar-refractivity contribution in [3.8, 4) is 10.8 Å². The van der Waals surface area contributed by atoms with Gasteiger partial charge in [0.1, 0.15) is 0 Å². The zero-order valence-corrected chi connectivity index (χ0v) is 11.8. The number of thiophene rings is 1. The number of hydrogen-bond acceptors (Lipinski definition) is 6. The fraction of sp³-hybridized carbons (Fsp3) is 0.500. The molecule has 0 aliphatic carbocycles. The van der Waals surface area contributed by atoms with Gasteiger partial charge in [-0.2, -0.15) is 16.7 Å². The Balaban J connectivity index is 1.86. The average Bonchev–Trinajstić information content (AvgIpc) is 2.97. The third-order valence-electron chi connectivity index (χ3n) is 3.04. The van der Waals surface area contributed by atoms with Gasteiger partial charge < -0.3 is 10.3 Å². The van der Waals surface area contributed by atoms with Gasteiger partial charge >= 0.3 is 0 Å². The summed E-state index contributed by atoms with van der Waals surface area (Å²) in [5.74, 6) is 2.64. The fourth-order valence-electron chi connectivity index (χ4n) is 2.12. The van der Waals surface area contributed by atoms with E-state index in [0.717, 1.165) is 27.7 Å². The Morgan fingerprint density at radius 1 is 1.44 bits per heavy atom. The van der Waals surface area contributed by atoms with Crippen LogP contribution >= 0.6 is 23.1 Å². The molecule has 0 aromatic carbocycles. The van der Waals surface area contributed by atoms with Crippen molar-refractivity contribution in [1.82, 2.24) is 10.1 Å². The lowest BCUT2D eigenvalue weighted by atomic mass is 10.2. The van der Waals surface area contributed by atoms with Gasteiger partial charge in [0.05, 0.1) is 15.1 Å². The average molecular weight is 281 g/mol. The lowest BCUT2D eigenvalue weighted by molar-refractivity contribution is 0.420. The molecule has 96 valence electrons. The van der Waals surface area contributed by atoms with Crippen molar-refractivity contribution in [2.45, 2.75) is 31.4 Å². The van der Waals surface area contributed by atoms with Gasteiger partial charge in [0.15, 0.2) is 5.82 Å². The van der Waals surface area contributed by atoms with Crippen LogP contribution in [0.3, 0.4) is 0 Å². The number of aryl methyl sites for hydroxylation is 1. The molecular formula is C12H15N3OS2. The second-order valence-electron chi connectivity index (χ2n) is 4.47. The third-order valence-corrected chi connectivity index (χ3v) is 5.47. The summed E-state index contributed by atoms with van der Waals surface area (Å²) in [6.45, 7) is 2.02. The first-order chi connectivity index (χ1) is 8.74. The van der Waals surface area contributed by atoms with Crippen LogP contribution in [0.1, 0.15) is 35.9 Å². The predicted molar refractivity (Wildman–Crippen MR) is 75.8 cm³/mol. The maximum atomic E-state index is 5.79. The zero-order chi connectivity index (χ0) is 12.5. The number of rotatable bonds is 2. The van der Waals surface area contributed by atoms with E-state index in [1.54, 1.807) is 0 Å². The molecule has 4 nitrogen and oxygen atoms in total. The van der Waals surface area contributed by atoms with Crippen molar-refractivity contribution in [1.29, 1.82) is 0 Å². The normalized spacial score (nSPS) is 20.2. The van der Waals surface area contributed by atoms with E-state index >= 15 is 0 Å². The summed E-state index contributed by atoms with van der Waals surface area (Å²) in [6, 6.07) is 1.94. The molecule has 1 unspecified atom stereocenters. The van der Waals surface area contributed by atoms with Gasteiger partial charge in [-0.25, -0.2) is 0 Å². The second-order valence-corrected chi connectivity index (χ2v) is 6.87. The molecule has 1 atom stereocenters. The Morgan fingerprint density at radius 2 is 2.33 bits per heavy atom. The summed E-state index contributed by atoms with van der Waals surface area (Å²) < 4.78 is 5.38. The molecule has 6 heteroatoms. The van der Waals surface area contributed by atoms with Crippen LogP contribution in [0.25, 0.3) is 10.8 Å². The van der Waals surface area contributed by atoms with Crippen LogP contribution in [0.5, 0.6) is 0 Å². The van der Waals surface area contributed by atoms with Gasteiger partial charge in [0.2, 0.25) is 0 Å². The lowest BCUT2D eigenvalue weighted by Crippen LogP contribution is -2.03. The SMILES string of the molecule is Cc1cc(N)sc1-c1nc(C2CCCCS2)no1. The van der Waals surface area contributed by atoms with Crippen molar-refractivity contribution in [2.24, 2.45) is 0 Å². The molecule has 18 heavy (non-hydrogen) atoms. The van der Waals surface area contributed by atoms with E-state index in [1.807, 2.05) is 24.8 Å². The number of hydrogen-bond donors (Lipinski definition) is 1. The molecule has 0 bridgehead atoms. The number of nitrogen functional groups attached to an aromatic ring is 1. The van der Waals surface area contributed by atoms with Crippen LogP contribution in [0.15, 0.2) is 10.6 Å². The molecule has 2 aromatic heterocycles. The maximum Gasteiger partial charge on any atom is 0.268 e. The van der Waals surface area contributed by atoms with Crippen molar-refractivity contribution in [3.05, 3.63) is 17.5 Å². The van der Waals surface area contributed by atoms with Gasteiger partial charge in [0.25, 0.3) is 5.89 Å². The van der Waals surface area contributed by atoms with E-state index in [1.165, 1.54) is 29.9 Å². The molecule has 1 aliphatic heterocycles. The van der Waals surface area contributed by atoms with Gasteiger partial charge in [-0.3, -0.25) is 0 Å². The largest absolute Gasteiger partial charge is 0.391 e. The van der Waals surface area contributed by atoms with Crippen LogP contribution < -0.4 is 5.73 Å². The summed E-state index contributed by atoms with van der Waals surface area (Å²) in [5, 5.41) is 5.31. The van der Waals surface area contributed by atoms with Crippen molar-refractivity contribution >= 4 is 28.1 Å². The van der Waals surface area contributed by atoms with E-state index in [9.17, 15) is 0 Å². The second kappa shape index (κ2) is 4.93. The summed E-state index contributed by atoms with van der Waals surface area (Å²) >= 11 is 3.43. The first kappa shape index (κ1) is 12.0. The molecule has 1 aliphatic rings. The molecule has 2 aromatic rings. The van der Waals surface area contributed by atoms with Crippen molar-refractivity contribution < 1.29 is 4.52 Å². The Hall–Kier alpha value is -1.01. The van der Waals surface area contributed by atoms with Crippen LogP contribution in [0.4, 0.5) is 5.00 Å². The van der Waals surface area contributed by atoms with Gasteiger partial charge in [-0.15, -0.1) is 11.3 Å². The van der Waals surface area contributed by atoms with Gasteiger partial charge in [0, 0.05) is 0 Å². The highest BCUT2D eigenvalue weighted by Gasteiger charge is 2.23. The summed E-state index contributed by atoms with van der Waals surface area (Å²) in [7, 11) is 0. The fourth-order valence-corrected chi connectivity index (χ4v) is 4.22. The van der Waals surface area contributed by atoms with Gasteiger partial charge in [-0.1, -0.05) is 11.6 Å². The Labute approximate surface area is 114 Å². The molecule has 0 spiro atoms.